The average molecular weight is 285 g/mol. The van der Waals surface area contributed by atoms with Crippen molar-refractivity contribution in [1.29, 1.82) is 0 Å². The number of imidazole rings is 1. The summed E-state index contributed by atoms with van der Waals surface area (Å²) in [5.41, 5.74) is 3.09. The molecule has 110 valence electrons. The number of rotatable bonds is 5. The van der Waals surface area contributed by atoms with Crippen LogP contribution in [0.25, 0.3) is 0 Å². The van der Waals surface area contributed by atoms with Gasteiger partial charge in [-0.25, -0.2) is 4.98 Å². The van der Waals surface area contributed by atoms with E-state index in [-0.39, 0.29) is 5.91 Å². The third-order valence-electron chi connectivity index (χ3n) is 3.63. The maximum Gasteiger partial charge on any atom is 0.224 e. The van der Waals surface area contributed by atoms with Crippen molar-refractivity contribution in [2.75, 3.05) is 5.32 Å². The van der Waals surface area contributed by atoms with E-state index < -0.39 is 0 Å². The smallest absolute Gasteiger partial charge is 0.224 e. The predicted octanol–water partition coefficient (Wildman–Crippen LogP) is 2.76. The van der Waals surface area contributed by atoms with Crippen LogP contribution in [-0.2, 0) is 24.4 Å². The first-order chi connectivity index (χ1) is 10.3. The fourth-order valence-electron chi connectivity index (χ4n) is 2.51. The van der Waals surface area contributed by atoms with Crippen molar-refractivity contribution in [2.45, 2.75) is 39.3 Å². The zero-order chi connectivity index (χ0) is 14.7. The highest BCUT2D eigenvalue weighted by Crippen LogP contribution is 2.27. The van der Waals surface area contributed by atoms with Gasteiger partial charge in [0.05, 0.1) is 18.2 Å². The molecule has 1 N–H and O–H groups in total. The molecular weight excluding hydrogens is 266 g/mol. The lowest BCUT2D eigenvalue weighted by atomic mass is 10.0. The first-order valence-electron chi connectivity index (χ1n) is 7.31. The van der Waals surface area contributed by atoms with Crippen LogP contribution in [0, 0.1) is 0 Å². The number of aryl methyl sites for hydroxylation is 2. The predicted molar refractivity (Wildman–Crippen MR) is 80.2 cm³/mol. The molecule has 21 heavy (non-hydrogen) atoms. The van der Waals surface area contributed by atoms with Gasteiger partial charge in [-0.1, -0.05) is 13.0 Å². The van der Waals surface area contributed by atoms with Crippen LogP contribution in [0.2, 0.25) is 0 Å². The largest absolute Gasteiger partial charge is 0.487 e. The number of nitrogens with one attached hydrogen (secondary N) is 1. The van der Waals surface area contributed by atoms with Gasteiger partial charge in [0.2, 0.25) is 5.91 Å². The second-order valence-electron chi connectivity index (χ2n) is 5.23. The molecule has 1 aromatic heterocycles. The zero-order valence-corrected chi connectivity index (χ0v) is 12.1. The van der Waals surface area contributed by atoms with Crippen LogP contribution < -0.4 is 10.1 Å². The standard InChI is InChI=1S/C16H19N3O2/c1-2-7-19-11-17-9-13(19)10-21-14-5-3-12-4-6-16(20)18-15(12)8-14/h3,5,8-9,11H,2,4,6-7,10H2,1H3,(H,18,20). The Kier molecular flexibility index (Phi) is 3.90. The summed E-state index contributed by atoms with van der Waals surface area (Å²) in [5, 5.41) is 2.89. The Morgan fingerprint density at radius 3 is 3.14 bits per heavy atom. The summed E-state index contributed by atoms with van der Waals surface area (Å²) in [6.07, 6.45) is 6.08. The van der Waals surface area contributed by atoms with E-state index in [1.54, 1.807) is 0 Å². The molecule has 0 spiro atoms. The Balaban J connectivity index is 1.69. The minimum Gasteiger partial charge on any atom is -0.487 e. The van der Waals surface area contributed by atoms with Crippen LogP contribution in [0.5, 0.6) is 5.75 Å². The van der Waals surface area contributed by atoms with Gasteiger partial charge in [0.15, 0.2) is 0 Å². The van der Waals surface area contributed by atoms with Gasteiger partial charge in [-0.05, 0) is 24.5 Å². The van der Waals surface area contributed by atoms with E-state index >= 15 is 0 Å². The van der Waals surface area contributed by atoms with Crippen LogP contribution in [-0.4, -0.2) is 15.5 Å². The Labute approximate surface area is 124 Å². The summed E-state index contributed by atoms with van der Waals surface area (Å²) < 4.78 is 7.92. The lowest BCUT2D eigenvalue weighted by molar-refractivity contribution is -0.116. The van der Waals surface area contributed by atoms with E-state index in [2.05, 4.69) is 21.8 Å². The van der Waals surface area contributed by atoms with Crippen molar-refractivity contribution in [3.63, 3.8) is 0 Å². The fraction of sp³-hybridized carbons (Fsp3) is 0.375. The number of hydrogen-bond acceptors (Lipinski definition) is 3. The number of fused-ring (bicyclic) bond motifs is 1. The third kappa shape index (κ3) is 3.07. The average Bonchev–Trinajstić information content (AvgIpc) is 2.92. The zero-order valence-electron chi connectivity index (χ0n) is 12.1. The molecule has 2 heterocycles. The van der Waals surface area contributed by atoms with Crippen molar-refractivity contribution in [3.8, 4) is 5.75 Å². The number of ether oxygens (including phenoxy) is 1. The Morgan fingerprint density at radius 1 is 1.38 bits per heavy atom. The first-order valence-corrected chi connectivity index (χ1v) is 7.31. The molecule has 3 rings (SSSR count). The molecule has 0 aliphatic carbocycles. The summed E-state index contributed by atoms with van der Waals surface area (Å²) in [5.74, 6) is 0.834. The van der Waals surface area contributed by atoms with Crippen molar-refractivity contribution in [3.05, 3.63) is 42.0 Å². The van der Waals surface area contributed by atoms with Crippen LogP contribution in [0.1, 0.15) is 31.0 Å². The van der Waals surface area contributed by atoms with Gasteiger partial charge in [-0.3, -0.25) is 4.79 Å². The van der Waals surface area contributed by atoms with Crippen molar-refractivity contribution in [2.24, 2.45) is 0 Å². The molecule has 0 atom stereocenters. The SMILES string of the molecule is CCCn1cncc1COc1ccc2c(c1)NC(=O)CC2. The third-order valence-corrected chi connectivity index (χ3v) is 3.63. The molecule has 1 amide bonds. The number of carbonyl (C=O) groups excluding carboxylic acids is 1. The van der Waals surface area contributed by atoms with Crippen LogP contribution in [0.15, 0.2) is 30.7 Å². The molecule has 0 fully saturated rings. The van der Waals surface area contributed by atoms with Crippen LogP contribution in [0.4, 0.5) is 5.69 Å². The van der Waals surface area contributed by atoms with Gasteiger partial charge in [0.1, 0.15) is 12.4 Å². The second kappa shape index (κ2) is 5.99. The molecule has 5 nitrogen and oxygen atoms in total. The Morgan fingerprint density at radius 2 is 2.29 bits per heavy atom. The highest BCUT2D eigenvalue weighted by atomic mass is 16.5. The number of hydrogen-bond donors (Lipinski definition) is 1. The molecule has 1 aliphatic rings. The molecule has 0 saturated carbocycles. The fourth-order valence-corrected chi connectivity index (χ4v) is 2.51. The first kappa shape index (κ1) is 13.7. The molecule has 2 aromatic rings. The maximum atomic E-state index is 11.4. The number of nitrogens with zero attached hydrogens (tertiary/aromatic N) is 2. The van der Waals surface area contributed by atoms with Crippen molar-refractivity contribution in [1.82, 2.24) is 9.55 Å². The molecule has 0 saturated heterocycles. The van der Waals surface area contributed by atoms with Gasteiger partial charge >= 0.3 is 0 Å². The minimum absolute atomic E-state index is 0.0701. The quantitative estimate of drug-likeness (QED) is 0.919. The number of benzene rings is 1. The van der Waals surface area contributed by atoms with E-state index in [4.69, 9.17) is 4.74 Å². The van der Waals surface area contributed by atoms with Crippen molar-refractivity contribution < 1.29 is 9.53 Å². The lowest BCUT2D eigenvalue weighted by Crippen LogP contribution is -2.18. The normalized spacial score (nSPS) is 13.7. The van der Waals surface area contributed by atoms with E-state index in [1.807, 2.05) is 30.7 Å². The van der Waals surface area contributed by atoms with Crippen LogP contribution in [0.3, 0.4) is 0 Å². The lowest BCUT2D eigenvalue weighted by Gasteiger charge is -2.18. The van der Waals surface area contributed by atoms with Gasteiger partial charge in [-0.15, -0.1) is 0 Å². The topological polar surface area (TPSA) is 56.1 Å². The number of carbonyl (C=O) groups is 1. The number of amides is 1. The van der Waals surface area contributed by atoms with E-state index in [9.17, 15) is 4.79 Å². The number of anilines is 1. The van der Waals surface area contributed by atoms with E-state index in [0.29, 0.717) is 13.0 Å². The van der Waals surface area contributed by atoms with Gasteiger partial charge in [-0.2, -0.15) is 0 Å². The highest BCUT2D eigenvalue weighted by Gasteiger charge is 2.15. The summed E-state index contributed by atoms with van der Waals surface area (Å²) in [6, 6.07) is 5.87. The molecule has 5 heteroatoms. The molecule has 1 aliphatic heterocycles. The highest BCUT2D eigenvalue weighted by molar-refractivity contribution is 5.94. The molecule has 0 radical (unpaired) electrons. The maximum absolute atomic E-state index is 11.4. The van der Waals surface area contributed by atoms with Gasteiger partial charge in [0.25, 0.3) is 0 Å². The van der Waals surface area contributed by atoms with E-state index in [1.165, 1.54) is 0 Å². The minimum atomic E-state index is 0.0701. The molecule has 0 bridgehead atoms. The summed E-state index contributed by atoms with van der Waals surface area (Å²) in [7, 11) is 0. The van der Waals surface area contributed by atoms with E-state index in [0.717, 1.165) is 42.1 Å². The van der Waals surface area contributed by atoms with Gasteiger partial charge in [0, 0.05) is 24.7 Å². The number of aromatic nitrogens is 2. The second-order valence-corrected chi connectivity index (χ2v) is 5.23. The van der Waals surface area contributed by atoms with Crippen molar-refractivity contribution >= 4 is 11.6 Å². The molecular formula is C16H19N3O2. The Bertz CT molecular complexity index is 649. The summed E-state index contributed by atoms with van der Waals surface area (Å²) >= 11 is 0. The monoisotopic (exact) mass is 285 g/mol. The molecule has 1 aromatic carbocycles. The Hall–Kier alpha value is -2.30. The van der Waals surface area contributed by atoms with Gasteiger partial charge < -0.3 is 14.6 Å². The van der Waals surface area contributed by atoms with Crippen LogP contribution >= 0.6 is 0 Å². The molecule has 0 unspecified atom stereocenters. The summed E-state index contributed by atoms with van der Waals surface area (Å²) in [6.45, 7) is 3.56. The summed E-state index contributed by atoms with van der Waals surface area (Å²) in [4.78, 5) is 15.6.